The Morgan fingerprint density at radius 1 is 1.73 bits per heavy atom. The molecule has 1 N–H and O–H groups in total. The summed E-state index contributed by atoms with van der Waals surface area (Å²) in [6.45, 7) is 3.69. The first kappa shape index (κ1) is 11.8. The molecule has 0 saturated heterocycles. The minimum absolute atomic E-state index is 0.0581. The van der Waals surface area contributed by atoms with Crippen LogP contribution in [0.4, 0.5) is 0 Å². The van der Waals surface area contributed by atoms with Gasteiger partial charge in [-0.1, -0.05) is 13.8 Å². The Balaban J connectivity index is 3.16. The predicted molar refractivity (Wildman–Crippen MR) is 56.7 cm³/mol. The average Bonchev–Trinajstić information content (AvgIpc) is 2.66. The van der Waals surface area contributed by atoms with Crippen molar-refractivity contribution in [1.82, 2.24) is 4.98 Å². The van der Waals surface area contributed by atoms with Gasteiger partial charge >= 0.3 is 5.97 Å². The number of aromatic nitrogens is 1. The van der Waals surface area contributed by atoms with Gasteiger partial charge in [-0.15, -0.1) is 16.2 Å². The molecule has 0 unspecified atom stereocenters. The van der Waals surface area contributed by atoms with Gasteiger partial charge in [0.1, 0.15) is 5.01 Å². The van der Waals surface area contributed by atoms with Crippen molar-refractivity contribution in [2.75, 3.05) is 0 Å². The fraction of sp³-hybridized carbons (Fsp3) is 0.556. The van der Waals surface area contributed by atoms with Gasteiger partial charge in [-0.3, -0.25) is 0 Å². The summed E-state index contributed by atoms with van der Waals surface area (Å²) in [6, 6.07) is 0. The quantitative estimate of drug-likeness (QED) is 0.784. The van der Waals surface area contributed by atoms with Crippen LogP contribution in [0.5, 0.6) is 0 Å². The van der Waals surface area contributed by atoms with Crippen LogP contribution < -0.4 is 0 Å². The zero-order chi connectivity index (χ0) is 11.5. The number of carboxylic acids is 1. The third-order valence-corrected chi connectivity index (χ3v) is 2.92. The standard InChI is InChI=1S/C9H12N2O3S/c1-6(2)5-9(11-14,8(12)13)7-10-3-4-15-7/h3-4,6H,5H2,1-2H3,(H,12,13)/t9-/m1/s1. The summed E-state index contributed by atoms with van der Waals surface area (Å²) in [6.07, 6.45) is 1.64. The topological polar surface area (TPSA) is 79.6 Å². The molecule has 0 bridgehead atoms. The molecule has 1 aromatic heterocycles. The molecule has 0 fully saturated rings. The van der Waals surface area contributed by atoms with E-state index in [1.54, 1.807) is 5.38 Å². The van der Waals surface area contributed by atoms with Crippen molar-refractivity contribution in [3.63, 3.8) is 0 Å². The highest BCUT2D eigenvalue weighted by atomic mass is 32.1. The lowest BCUT2D eigenvalue weighted by molar-refractivity contribution is -0.144. The highest BCUT2D eigenvalue weighted by molar-refractivity contribution is 7.09. The molecule has 0 aliphatic heterocycles. The minimum Gasteiger partial charge on any atom is -0.479 e. The number of carboxylic acid groups (broad SMARTS) is 1. The van der Waals surface area contributed by atoms with Crippen LogP contribution in [0, 0.1) is 10.8 Å². The van der Waals surface area contributed by atoms with E-state index in [-0.39, 0.29) is 17.3 Å². The maximum absolute atomic E-state index is 11.2. The highest BCUT2D eigenvalue weighted by Crippen LogP contribution is 2.34. The minimum atomic E-state index is -1.72. The highest BCUT2D eigenvalue weighted by Gasteiger charge is 2.45. The van der Waals surface area contributed by atoms with Crippen LogP contribution in [0.15, 0.2) is 16.8 Å². The normalized spacial score (nSPS) is 14.9. The van der Waals surface area contributed by atoms with E-state index in [2.05, 4.69) is 10.2 Å². The summed E-state index contributed by atoms with van der Waals surface area (Å²) >= 11 is 1.14. The zero-order valence-corrected chi connectivity index (χ0v) is 9.32. The number of nitrogens with zero attached hydrogens (tertiary/aromatic N) is 2. The molecule has 0 radical (unpaired) electrons. The molecule has 5 nitrogen and oxygen atoms in total. The second-order valence-electron chi connectivity index (χ2n) is 3.69. The summed E-state index contributed by atoms with van der Waals surface area (Å²) in [5, 5.41) is 13.8. The molecule has 1 rings (SSSR count). The van der Waals surface area contributed by atoms with Gasteiger partial charge in [0.05, 0.1) is 0 Å². The van der Waals surface area contributed by atoms with Gasteiger partial charge in [0, 0.05) is 11.6 Å². The molecule has 1 atom stereocenters. The third kappa shape index (κ3) is 2.20. The van der Waals surface area contributed by atoms with E-state index in [0.29, 0.717) is 0 Å². The van der Waals surface area contributed by atoms with Crippen LogP contribution in [0.1, 0.15) is 25.3 Å². The lowest BCUT2D eigenvalue weighted by Gasteiger charge is -2.20. The summed E-state index contributed by atoms with van der Waals surface area (Å²) in [7, 11) is 0. The first-order valence-electron chi connectivity index (χ1n) is 4.51. The summed E-state index contributed by atoms with van der Waals surface area (Å²) in [4.78, 5) is 25.9. The van der Waals surface area contributed by atoms with E-state index in [0.717, 1.165) is 11.3 Å². The molecule has 15 heavy (non-hydrogen) atoms. The van der Waals surface area contributed by atoms with Gasteiger partial charge < -0.3 is 5.11 Å². The van der Waals surface area contributed by atoms with Crippen LogP contribution in [0.2, 0.25) is 0 Å². The molecule has 0 aliphatic carbocycles. The van der Waals surface area contributed by atoms with E-state index in [9.17, 15) is 9.70 Å². The Bertz CT molecular complexity index is 350. The Hall–Kier alpha value is -1.30. The van der Waals surface area contributed by atoms with E-state index >= 15 is 0 Å². The molecule has 0 amide bonds. The van der Waals surface area contributed by atoms with Crippen molar-refractivity contribution in [3.05, 3.63) is 21.5 Å². The maximum Gasteiger partial charge on any atom is 0.342 e. The van der Waals surface area contributed by atoms with Gasteiger partial charge in [-0.25, -0.2) is 9.78 Å². The smallest absolute Gasteiger partial charge is 0.342 e. The first-order valence-corrected chi connectivity index (χ1v) is 5.39. The Labute approximate surface area is 91.1 Å². The van der Waals surface area contributed by atoms with Crippen LogP contribution in [-0.4, -0.2) is 16.1 Å². The Morgan fingerprint density at radius 2 is 2.40 bits per heavy atom. The van der Waals surface area contributed by atoms with Crippen molar-refractivity contribution in [3.8, 4) is 0 Å². The van der Waals surface area contributed by atoms with Gasteiger partial charge in [-0.05, 0) is 17.5 Å². The lowest BCUT2D eigenvalue weighted by Crippen LogP contribution is -2.34. The Kier molecular flexibility index (Phi) is 3.52. The van der Waals surface area contributed by atoms with Crippen molar-refractivity contribution < 1.29 is 9.90 Å². The predicted octanol–water partition coefficient (Wildman–Crippen LogP) is 2.24. The monoisotopic (exact) mass is 228 g/mol. The van der Waals surface area contributed by atoms with Gasteiger partial charge in [0.15, 0.2) is 0 Å². The molecule has 82 valence electrons. The summed E-state index contributed by atoms with van der Waals surface area (Å²) in [5.74, 6) is -1.18. The van der Waals surface area contributed by atoms with Crippen LogP contribution in [-0.2, 0) is 10.3 Å². The number of hydrogen-bond donors (Lipinski definition) is 1. The number of aliphatic carboxylic acids is 1. The number of rotatable bonds is 5. The molecule has 1 aromatic rings. The fourth-order valence-electron chi connectivity index (χ4n) is 1.40. The Morgan fingerprint density at radius 3 is 2.73 bits per heavy atom. The van der Waals surface area contributed by atoms with Crippen LogP contribution in [0.3, 0.4) is 0 Å². The second-order valence-corrected chi connectivity index (χ2v) is 4.59. The lowest BCUT2D eigenvalue weighted by atomic mass is 9.90. The molecule has 6 heteroatoms. The molecule has 0 aromatic carbocycles. The van der Waals surface area contributed by atoms with Crippen molar-refractivity contribution >= 4 is 17.3 Å². The van der Waals surface area contributed by atoms with Crippen molar-refractivity contribution in [1.29, 1.82) is 0 Å². The number of hydrogen-bond acceptors (Lipinski definition) is 5. The molecular formula is C9H12N2O3S. The van der Waals surface area contributed by atoms with E-state index in [1.807, 2.05) is 13.8 Å². The van der Waals surface area contributed by atoms with E-state index < -0.39 is 11.5 Å². The van der Waals surface area contributed by atoms with Crippen molar-refractivity contribution in [2.24, 2.45) is 11.1 Å². The zero-order valence-electron chi connectivity index (χ0n) is 8.51. The second kappa shape index (κ2) is 4.48. The van der Waals surface area contributed by atoms with Crippen LogP contribution in [0.25, 0.3) is 0 Å². The van der Waals surface area contributed by atoms with Gasteiger partial charge in [0.2, 0.25) is 5.54 Å². The average molecular weight is 228 g/mol. The molecular weight excluding hydrogens is 216 g/mol. The largest absolute Gasteiger partial charge is 0.479 e. The van der Waals surface area contributed by atoms with Crippen molar-refractivity contribution in [2.45, 2.75) is 25.8 Å². The number of thiazole rings is 1. The molecule has 0 saturated carbocycles. The molecule has 1 heterocycles. The van der Waals surface area contributed by atoms with E-state index in [4.69, 9.17) is 5.11 Å². The summed E-state index contributed by atoms with van der Waals surface area (Å²) < 4.78 is 0. The number of nitroso groups, excluding NO2 is 1. The van der Waals surface area contributed by atoms with Gasteiger partial charge in [0.25, 0.3) is 0 Å². The van der Waals surface area contributed by atoms with Gasteiger partial charge in [-0.2, -0.15) is 0 Å². The maximum atomic E-state index is 11.2. The third-order valence-electron chi connectivity index (χ3n) is 2.00. The molecule has 0 aliphatic rings. The van der Waals surface area contributed by atoms with Crippen LogP contribution >= 0.6 is 11.3 Å². The SMILES string of the molecule is CC(C)C[C@](N=O)(C(=O)O)c1nccs1. The fourth-order valence-corrected chi connectivity index (χ4v) is 2.18. The number of carbonyl (C=O) groups is 1. The summed E-state index contributed by atoms with van der Waals surface area (Å²) in [5.41, 5.74) is -1.72. The molecule has 0 spiro atoms. The van der Waals surface area contributed by atoms with E-state index in [1.165, 1.54) is 6.20 Å². The first-order chi connectivity index (χ1) is 7.03.